The summed E-state index contributed by atoms with van der Waals surface area (Å²) in [6.07, 6.45) is 4.58. The molecule has 0 atom stereocenters. The molecule has 245 valence electrons. The van der Waals surface area contributed by atoms with Crippen LogP contribution in [0.1, 0.15) is 50.7 Å². The van der Waals surface area contributed by atoms with Crippen molar-refractivity contribution in [1.29, 1.82) is 0 Å². The molecule has 0 amide bonds. The third-order valence-electron chi connectivity index (χ3n) is 7.77. The van der Waals surface area contributed by atoms with Crippen LogP contribution in [0.5, 0.6) is 11.8 Å². The van der Waals surface area contributed by atoms with Gasteiger partial charge >= 0.3 is 17.1 Å². The molecule has 0 bridgehead atoms. The molecule has 0 saturated carbocycles. The van der Waals surface area contributed by atoms with Gasteiger partial charge in [0, 0.05) is 11.1 Å². The van der Waals surface area contributed by atoms with Crippen LogP contribution in [-0.2, 0) is 29.9 Å². The maximum absolute atomic E-state index is 12.8. The molecule has 2 aromatic heterocycles. The summed E-state index contributed by atoms with van der Waals surface area (Å²) in [5.74, 6) is -0.447. The minimum absolute atomic E-state index is 0. The van der Waals surface area contributed by atoms with Gasteiger partial charge in [0.15, 0.2) is 0 Å². The Kier molecular flexibility index (Phi) is 12.3. The van der Waals surface area contributed by atoms with E-state index in [-0.39, 0.29) is 39.9 Å². The normalized spacial score (nSPS) is 10.6. The van der Waals surface area contributed by atoms with Gasteiger partial charge in [0.1, 0.15) is 0 Å². The quantitative estimate of drug-likeness (QED) is 0.164. The van der Waals surface area contributed by atoms with Crippen LogP contribution in [-0.4, -0.2) is 18.7 Å². The molecule has 0 spiro atoms. The van der Waals surface area contributed by atoms with Crippen molar-refractivity contribution >= 4 is 0 Å². The predicted molar refractivity (Wildman–Crippen MR) is 179 cm³/mol. The minimum atomic E-state index is -0.224. The van der Waals surface area contributed by atoms with Crippen LogP contribution in [0.4, 0.5) is 0 Å². The Bertz CT molecular complexity index is 1820. The standard InChI is InChI=1S/2C19H20N2O2.Cu/c2*1-2-3-14-17-18(22)20(15-10-6-4-7-11-15)21(19(17)23)16-12-8-5-9-13-16;/h2*4-13,22H,2-3,14H2,1H3;/q;;+2/p-2. The summed E-state index contributed by atoms with van der Waals surface area (Å²) in [6, 6.07) is 37.1. The molecular formula is C38H38CuN4O4. The molecule has 47 heavy (non-hydrogen) atoms. The fourth-order valence-electron chi connectivity index (χ4n) is 5.40. The van der Waals surface area contributed by atoms with Crippen LogP contribution in [0, 0.1) is 0 Å². The van der Waals surface area contributed by atoms with Crippen LogP contribution in [0.25, 0.3) is 22.7 Å². The molecule has 2 heterocycles. The molecule has 6 rings (SSSR count). The van der Waals surface area contributed by atoms with E-state index in [0.717, 1.165) is 25.7 Å². The SMILES string of the molecule is CCCCc1c([O-])n(-c2ccccc2)n(-c2ccccc2)c1=O.CCCCc1c([O-])n(-c2ccccc2)n(-c2ccccc2)c1=O.[Cu+2]. The van der Waals surface area contributed by atoms with Gasteiger partial charge in [-0.3, -0.25) is 19.0 Å². The van der Waals surface area contributed by atoms with Gasteiger partial charge in [-0.05, 0) is 86.0 Å². The smallest absolute Gasteiger partial charge is 0.858 e. The largest absolute Gasteiger partial charge is 2.00 e. The zero-order chi connectivity index (χ0) is 32.5. The number of nitrogens with zero attached hydrogens (tertiary/aromatic N) is 4. The van der Waals surface area contributed by atoms with Gasteiger partial charge in [-0.25, -0.2) is 9.36 Å². The Hall–Kier alpha value is -4.98. The van der Waals surface area contributed by atoms with Crippen molar-refractivity contribution in [3.8, 4) is 34.5 Å². The number of rotatable bonds is 10. The van der Waals surface area contributed by atoms with E-state index in [1.807, 2.05) is 135 Å². The average Bonchev–Trinajstić information content (AvgIpc) is 3.51. The zero-order valence-corrected chi connectivity index (χ0v) is 27.5. The monoisotopic (exact) mass is 677 g/mol. The van der Waals surface area contributed by atoms with Gasteiger partial charge in [-0.1, -0.05) is 99.5 Å². The summed E-state index contributed by atoms with van der Waals surface area (Å²) in [4.78, 5) is 25.7. The van der Waals surface area contributed by atoms with Crippen molar-refractivity contribution in [2.45, 2.75) is 52.4 Å². The first-order chi connectivity index (χ1) is 22.5. The van der Waals surface area contributed by atoms with E-state index in [2.05, 4.69) is 0 Å². The van der Waals surface area contributed by atoms with Gasteiger partial charge in [0.05, 0.1) is 22.7 Å². The van der Waals surface area contributed by atoms with Gasteiger partial charge in [-0.2, -0.15) is 0 Å². The number of para-hydroxylation sites is 4. The second-order valence-corrected chi connectivity index (χ2v) is 11.0. The van der Waals surface area contributed by atoms with Crippen LogP contribution in [0.3, 0.4) is 0 Å². The third kappa shape index (κ3) is 7.54. The average molecular weight is 678 g/mol. The van der Waals surface area contributed by atoms with E-state index < -0.39 is 0 Å². The molecule has 9 heteroatoms. The molecule has 0 aliphatic heterocycles. The molecule has 0 saturated heterocycles. The molecular weight excluding hydrogens is 640 g/mol. The fourth-order valence-corrected chi connectivity index (χ4v) is 5.40. The van der Waals surface area contributed by atoms with Crippen LogP contribution in [0.2, 0.25) is 0 Å². The van der Waals surface area contributed by atoms with Gasteiger partial charge < -0.3 is 10.2 Å². The first kappa shape index (κ1) is 34.9. The van der Waals surface area contributed by atoms with Crippen LogP contribution in [0.15, 0.2) is 131 Å². The summed E-state index contributed by atoms with van der Waals surface area (Å²) >= 11 is 0. The number of hydrogen-bond donors (Lipinski definition) is 0. The van der Waals surface area contributed by atoms with Crippen LogP contribution >= 0.6 is 0 Å². The molecule has 0 fully saturated rings. The molecule has 8 nitrogen and oxygen atoms in total. The Labute approximate surface area is 285 Å². The Morgan fingerprint density at radius 2 is 0.702 bits per heavy atom. The molecule has 0 aliphatic rings. The Morgan fingerprint density at radius 3 is 0.957 bits per heavy atom. The number of aromatic nitrogens is 4. The van der Waals surface area contributed by atoms with Crippen LogP contribution < -0.4 is 21.3 Å². The first-order valence-electron chi connectivity index (χ1n) is 15.8. The summed E-state index contributed by atoms with van der Waals surface area (Å²) < 4.78 is 5.90. The van der Waals surface area contributed by atoms with E-state index in [9.17, 15) is 19.8 Å². The Balaban J connectivity index is 0.000000208. The summed E-state index contributed by atoms with van der Waals surface area (Å²) in [6.45, 7) is 4.10. The minimum Gasteiger partial charge on any atom is -0.858 e. The first-order valence-corrected chi connectivity index (χ1v) is 15.8. The fraction of sp³-hybridized carbons (Fsp3) is 0.211. The molecule has 1 radical (unpaired) electrons. The van der Waals surface area contributed by atoms with Crippen molar-refractivity contribution in [3.63, 3.8) is 0 Å². The summed E-state index contributed by atoms with van der Waals surface area (Å²) in [5.41, 5.74) is 3.06. The molecule has 0 unspecified atom stereocenters. The van der Waals surface area contributed by atoms with Gasteiger partial charge in [0.25, 0.3) is 11.1 Å². The van der Waals surface area contributed by atoms with E-state index in [1.54, 1.807) is 0 Å². The number of hydrogen-bond acceptors (Lipinski definition) is 4. The summed E-state index contributed by atoms with van der Waals surface area (Å²) in [7, 11) is 0. The number of unbranched alkanes of at least 4 members (excludes halogenated alkanes) is 2. The van der Waals surface area contributed by atoms with E-state index in [4.69, 9.17) is 0 Å². The van der Waals surface area contributed by atoms with Crippen molar-refractivity contribution < 1.29 is 27.3 Å². The van der Waals surface area contributed by atoms with E-state index >= 15 is 0 Å². The second-order valence-electron chi connectivity index (χ2n) is 11.0. The number of benzene rings is 4. The predicted octanol–water partition coefficient (Wildman–Crippen LogP) is 6.09. The Morgan fingerprint density at radius 1 is 0.447 bits per heavy atom. The molecule has 0 aliphatic carbocycles. The maximum atomic E-state index is 12.8. The zero-order valence-electron chi connectivity index (χ0n) is 26.5. The van der Waals surface area contributed by atoms with Crippen molar-refractivity contribution in [1.82, 2.24) is 18.7 Å². The third-order valence-corrected chi connectivity index (χ3v) is 7.77. The molecule has 0 N–H and O–H groups in total. The van der Waals surface area contributed by atoms with E-state index in [1.165, 1.54) is 18.7 Å². The maximum Gasteiger partial charge on any atom is 2.00 e. The van der Waals surface area contributed by atoms with Gasteiger partial charge in [0.2, 0.25) is 0 Å². The second kappa shape index (κ2) is 16.5. The van der Waals surface area contributed by atoms with E-state index in [0.29, 0.717) is 46.7 Å². The van der Waals surface area contributed by atoms with Crippen molar-refractivity contribution in [2.75, 3.05) is 0 Å². The molecule has 4 aromatic carbocycles. The van der Waals surface area contributed by atoms with Crippen molar-refractivity contribution in [3.05, 3.63) is 153 Å². The summed E-state index contributed by atoms with van der Waals surface area (Å²) in [5, 5.41) is 25.7. The van der Waals surface area contributed by atoms with Gasteiger partial charge in [-0.15, -0.1) is 0 Å². The topological polar surface area (TPSA) is 100.0 Å². The molecule has 6 aromatic rings. The van der Waals surface area contributed by atoms with Crippen molar-refractivity contribution in [2.24, 2.45) is 0 Å².